The lowest BCUT2D eigenvalue weighted by Gasteiger charge is -2.32. The lowest BCUT2D eigenvalue weighted by Crippen LogP contribution is -2.42. The molecule has 138 valence electrons. The Morgan fingerprint density at radius 3 is 2.68 bits per heavy atom. The van der Waals surface area contributed by atoms with Gasteiger partial charge in [-0.3, -0.25) is 9.59 Å². The average molecular weight is 369 g/mol. The Morgan fingerprint density at radius 1 is 1.36 bits per heavy atom. The van der Waals surface area contributed by atoms with Crippen molar-refractivity contribution in [2.45, 2.75) is 37.1 Å². The van der Waals surface area contributed by atoms with Crippen LogP contribution in [0.3, 0.4) is 0 Å². The number of piperidine rings is 1. The van der Waals surface area contributed by atoms with Gasteiger partial charge >= 0.3 is 0 Å². The number of hydrogen-bond donors (Lipinski definition) is 2. The number of primary amides is 1. The van der Waals surface area contributed by atoms with Gasteiger partial charge in [-0.2, -0.15) is 4.31 Å². The summed E-state index contributed by atoms with van der Waals surface area (Å²) in [5, 5.41) is 2.34. The number of nitrogens with zero attached hydrogens (tertiary/aromatic N) is 1. The van der Waals surface area contributed by atoms with Gasteiger partial charge in [0.15, 0.2) is 0 Å². The molecular weight excluding hydrogens is 346 g/mol. The van der Waals surface area contributed by atoms with Gasteiger partial charge in [-0.05, 0) is 38.0 Å². The standard InChI is InChI=1S/C16H23N3O5S/c1-11-5-3-4-8-19(11)25(22,23)14-9-12(6-7-13(14)24-2)16(21)18-10-15(17)20/h6-7,9,11H,3-5,8,10H2,1-2H3,(H2,17,20)(H,18,21)/t11-/m1/s1. The van der Waals surface area contributed by atoms with Gasteiger partial charge in [0.1, 0.15) is 10.6 Å². The van der Waals surface area contributed by atoms with Gasteiger partial charge in [0.25, 0.3) is 5.91 Å². The number of carbonyl (C=O) groups is 2. The number of hydrogen-bond acceptors (Lipinski definition) is 5. The van der Waals surface area contributed by atoms with E-state index in [1.807, 2.05) is 6.92 Å². The van der Waals surface area contributed by atoms with Gasteiger partial charge in [0.2, 0.25) is 15.9 Å². The maximum absolute atomic E-state index is 13.1. The molecule has 1 aromatic carbocycles. The highest BCUT2D eigenvalue weighted by Crippen LogP contribution is 2.31. The summed E-state index contributed by atoms with van der Waals surface area (Å²) < 4.78 is 32.7. The fourth-order valence-corrected chi connectivity index (χ4v) is 4.73. The largest absolute Gasteiger partial charge is 0.495 e. The van der Waals surface area contributed by atoms with Crippen LogP contribution in [0.5, 0.6) is 5.75 Å². The number of nitrogens with one attached hydrogen (secondary N) is 1. The first-order valence-corrected chi connectivity index (χ1v) is 9.47. The maximum atomic E-state index is 13.1. The number of ether oxygens (including phenoxy) is 1. The molecule has 1 fully saturated rings. The number of amides is 2. The molecular formula is C16H23N3O5S. The molecule has 0 aromatic heterocycles. The normalized spacial score (nSPS) is 18.6. The Balaban J connectivity index is 2.39. The van der Waals surface area contributed by atoms with Gasteiger partial charge in [0.05, 0.1) is 13.7 Å². The monoisotopic (exact) mass is 369 g/mol. The van der Waals surface area contributed by atoms with Crippen LogP contribution in [0, 0.1) is 0 Å². The van der Waals surface area contributed by atoms with Crippen LogP contribution in [-0.4, -0.2) is 50.8 Å². The summed E-state index contributed by atoms with van der Waals surface area (Å²) in [5.74, 6) is -1.09. The van der Waals surface area contributed by atoms with Crippen molar-refractivity contribution in [2.24, 2.45) is 5.73 Å². The molecule has 25 heavy (non-hydrogen) atoms. The van der Waals surface area contributed by atoms with Gasteiger partial charge in [0, 0.05) is 18.2 Å². The van der Waals surface area contributed by atoms with E-state index < -0.39 is 21.8 Å². The summed E-state index contributed by atoms with van der Waals surface area (Å²) in [6, 6.07) is 4.02. The summed E-state index contributed by atoms with van der Waals surface area (Å²) in [6.45, 7) is 1.98. The minimum Gasteiger partial charge on any atom is -0.495 e. The third kappa shape index (κ3) is 4.29. The Kier molecular flexibility index (Phi) is 6.02. The van der Waals surface area contributed by atoms with E-state index >= 15 is 0 Å². The van der Waals surface area contributed by atoms with Crippen LogP contribution in [0.25, 0.3) is 0 Å². The van der Waals surface area contributed by atoms with Crippen molar-refractivity contribution in [1.29, 1.82) is 0 Å². The zero-order valence-electron chi connectivity index (χ0n) is 14.3. The van der Waals surface area contributed by atoms with E-state index in [1.165, 1.54) is 29.6 Å². The molecule has 8 nitrogen and oxygen atoms in total. The van der Waals surface area contributed by atoms with Crippen molar-refractivity contribution in [3.8, 4) is 5.75 Å². The highest BCUT2D eigenvalue weighted by Gasteiger charge is 2.33. The fourth-order valence-electron chi connectivity index (χ4n) is 2.84. The van der Waals surface area contributed by atoms with E-state index in [9.17, 15) is 18.0 Å². The predicted octanol–water partition coefficient (Wildman–Crippen LogP) is 0.473. The fraction of sp³-hybridized carbons (Fsp3) is 0.500. The first-order chi connectivity index (χ1) is 11.8. The highest BCUT2D eigenvalue weighted by molar-refractivity contribution is 7.89. The van der Waals surface area contributed by atoms with Crippen LogP contribution in [0.1, 0.15) is 36.5 Å². The summed E-state index contributed by atoms with van der Waals surface area (Å²) in [6.07, 6.45) is 2.57. The maximum Gasteiger partial charge on any atom is 0.251 e. The molecule has 0 saturated carbocycles. The Hall–Kier alpha value is -2.13. The van der Waals surface area contributed by atoms with Crippen LogP contribution < -0.4 is 15.8 Å². The minimum atomic E-state index is -3.80. The van der Waals surface area contributed by atoms with Crippen LogP contribution in [0.15, 0.2) is 23.1 Å². The minimum absolute atomic E-state index is 0.0597. The van der Waals surface area contributed by atoms with Crippen LogP contribution in [-0.2, 0) is 14.8 Å². The Morgan fingerprint density at radius 2 is 2.08 bits per heavy atom. The SMILES string of the molecule is COc1ccc(C(=O)NCC(N)=O)cc1S(=O)(=O)N1CCCC[C@H]1C. The molecule has 1 atom stereocenters. The molecule has 9 heteroatoms. The second-order valence-electron chi connectivity index (χ2n) is 5.98. The summed E-state index contributed by atoms with van der Waals surface area (Å²) in [4.78, 5) is 22.8. The number of carbonyl (C=O) groups excluding carboxylic acids is 2. The van der Waals surface area contributed by atoms with Crippen molar-refractivity contribution in [2.75, 3.05) is 20.2 Å². The third-order valence-electron chi connectivity index (χ3n) is 4.18. The zero-order valence-corrected chi connectivity index (χ0v) is 15.1. The van der Waals surface area contributed by atoms with E-state index in [0.29, 0.717) is 6.54 Å². The summed E-state index contributed by atoms with van der Waals surface area (Å²) in [7, 11) is -2.43. The smallest absolute Gasteiger partial charge is 0.251 e. The zero-order chi connectivity index (χ0) is 18.6. The Bertz CT molecular complexity index is 763. The molecule has 0 bridgehead atoms. The number of benzene rings is 1. The van der Waals surface area contributed by atoms with E-state index in [4.69, 9.17) is 10.5 Å². The van der Waals surface area contributed by atoms with Crippen molar-refractivity contribution in [1.82, 2.24) is 9.62 Å². The van der Waals surface area contributed by atoms with E-state index in [0.717, 1.165) is 19.3 Å². The second-order valence-corrected chi connectivity index (χ2v) is 7.83. The molecule has 2 amide bonds. The predicted molar refractivity (Wildman–Crippen MR) is 91.7 cm³/mol. The van der Waals surface area contributed by atoms with E-state index in [1.54, 1.807) is 0 Å². The first kappa shape index (κ1) is 19.2. The van der Waals surface area contributed by atoms with Crippen molar-refractivity contribution >= 4 is 21.8 Å². The summed E-state index contributed by atoms with van der Waals surface area (Å²) in [5.41, 5.74) is 5.12. The molecule has 0 aliphatic carbocycles. The van der Waals surface area contributed by atoms with Crippen molar-refractivity contribution in [3.05, 3.63) is 23.8 Å². The number of methoxy groups -OCH3 is 1. The lowest BCUT2D eigenvalue weighted by molar-refractivity contribution is -0.117. The van der Waals surface area contributed by atoms with Crippen molar-refractivity contribution in [3.63, 3.8) is 0 Å². The number of sulfonamides is 1. The Labute approximate surface area is 147 Å². The molecule has 3 N–H and O–H groups in total. The summed E-state index contributed by atoms with van der Waals surface area (Å²) >= 11 is 0. The molecule has 0 spiro atoms. The van der Waals surface area contributed by atoms with E-state index in [-0.39, 0.29) is 28.8 Å². The van der Waals surface area contributed by atoms with Crippen LogP contribution >= 0.6 is 0 Å². The van der Waals surface area contributed by atoms with Gasteiger partial charge in [-0.15, -0.1) is 0 Å². The van der Waals surface area contributed by atoms with Gasteiger partial charge < -0.3 is 15.8 Å². The molecule has 1 heterocycles. The van der Waals surface area contributed by atoms with Gasteiger partial charge in [-0.25, -0.2) is 8.42 Å². The second kappa shape index (κ2) is 7.83. The van der Waals surface area contributed by atoms with Crippen LogP contribution in [0.2, 0.25) is 0 Å². The molecule has 1 aliphatic heterocycles. The van der Waals surface area contributed by atoms with E-state index in [2.05, 4.69) is 5.32 Å². The van der Waals surface area contributed by atoms with Crippen molar-refractivity contribution < 1.29 is 22.7 Å². The number of rotatable bonds is 6. The van der Waals surface area contributed by atoms with Gasteiger partial charge in [-0.1, -0.05) is 6.42 Å². The van der Waals surface area contributed by atoms with Crippen LogP contribution in [0.4, 0.5) is 0 Å². The molecule has 0 unspecified atom stereocenters. The molecule has 0 radical (unpaired) electrons. The highest BCUT2D eigenvalue weighted by atomic mass is 32.2. The molecule has 1 aliphatic rings. The third-order valence-corrected chi connectivity index (χ3v) is 6.21. The molecule has 2 rings (SSSR count). The topological polar surface area (TPSA) is 119 Å². The quantitative estimate of drug-likeness (QED) is 0.756. The average Bonchev–Trinajstić information content (AvgIpc) is 2.59. The number of nitrogens with two attached hydrogens (primary N) is 1. The molecule has 1 aromatic rings. The lowest BCUT2D eigenvalue weighted by atomic mass is 10.1. The molecule has 1 saturated heterocycles. The first-order valence-electron chi connectivity index (χ1n) is 8.03.